The summed E-state index contributed by atoms with van der Waals surface area (Å²) < 4.78 is 33.2. The first-order valence-corrected chi connectivity index (χ1v) is 22.7. The molecule has 1 aromatic heterocycles. The third-order valence-electron chi connectivity index (χ3n) is 12.3. The summed E-state index contributed by atoms with van der Waals surface area (Å²) in [4.78, 5) is 54.3. The van der Waals surface area contributed by atoms with E-state index in [0.29, 0.717) is 68.7 Å². The molecule has 0 bridgehead atoms. The summed E-state index contributed by atoms with van der Waals surface area (Å²) in [5.74, 6) is -1.68. The summed E-state index contributed by atoms with van der Waals surface area (Å²) in [5.41, 5.74) is 7.31. The van der Waals surface area contributed by atoms with E-state index >= 15 is 4.39 Å². The van der Waals surface area contributed by atoms with E-state index in [9.17, 15) is 18.8 Å². The van der Waals surface area contributed by atoms with Crippen LogP contribution in [0.3, 0.4) is 0 Å². The number of likely N-dealkylation sites (tertiary alicyclic amines) is 1. The molecule has 15 nitrogen and oxygen atoms in total. The molecule has 344 valence electrons. The molecule has 0 radical (unpaired) electrons. The second kappa shape index (κ2) is 22.0. The zero-order chi connectivity index (χ0) is 46.1. The Morgan fingerprint density at radius 1 is 1.00 bits per heavy atom. The van der Waals surface area contributed by atoms with Gasteiger partial charge in [0.25, 0.3) is 0 Å². The van der Waals surface area contributed by atoms with Gasteiger partial charge in [0, 0.05) is 108 Å². The van der Waals surface area contributed by atoms with E-state index in [2.05, 4.69) is 77.2 Å². The van der Waals surface area contributed by atoms with Crippen LogP contribution in [0.4, 0.5) is 20.4 Å². The number of nitrogens with zero attached hydrogens (tertiary/aromatic N) is 9. The lowest BCUT2D eigenvalue weighted by Gasteiger charge is -2.40. The van der Waals surface area contributed by atoms with Crippen molar-refractivity contribution in [2.24, 2.45) is 11.0 Å². The Morgan fingerprint density at radius 3 is 2.38 bits per heavy atom. The predicted molar refractivity (Wildman–Crippen MR) is 251 cm³/mol. The van der Waals surface area contributed by atoms with Gasteiger partial charge in [-0.15, -0.1) is 0 Å². The fraction of sp³-hybridized carbons (Fsp3) is 0.478. The molecule has 3 aliphatic heterocycles. The summed E-state index contributed by atoms with van der Waals surface area (Å²) >= 11 is 1.25. The van der Waals surface area contributed by atoms with Gasteiger partial charge in [-0.1, -0.05) is 26.0 Å². The number of likely N-dealkylation sites (N-methyl/N-ethyl adjacent to an activating group) is 1. The monoisotopic (exact) mass is 900 g/mol. The molecule has 2 aromatic rings. The molecule has 2 fully saturated rings. The van der Waals surface area contributed by atoms with Gasteiger partial charge in [-0.25, -0.2) is 23.8 Å². The lowest BCUT2D eigenvalue weighted by Crippen LogP contribution is -2.52. The van der Waals surface area contributed by atoms with Gasteiger partial charge in [-0.2, -0.15) is 10.2 Å². The molecule has 1 aromatic carbocycles. The number of Topliss-reactive ketones (excluding diaryl/α,β-unsaturated/α-hetero) is 1. The third kappa shape index (κ3) is 11.8. The van der Waals surface area contributed by atoms with Crippen LogP contribution in [0, 0.1) is 17.6 Å². The van der Waals surface area contributed by atoms with E-state index < -0.39 is 23.0 Å². The molecule has 0 saturated carbocycles. The first kappa shape index (κ1) is 48.0. The second-order valence-electron chi connectivity index (χ2n) is 16.8. The number of halogens is 2. The lowest BCUT2D eigenvalue weighted by molar-refractivity contribution is -0.133. The molecule has 0 unspecified atom stereocenters. The first-order chi connectivity index (χ1) is 30.6. The highest BCUT2D eigenvalue weighted by atomic mass is 32.2. The van der Waals surface area contributed by atoms with Gasteiger partial charge in [0.1, 0.15) is 5.82 Å². The fourth-order valence-corrected chi connectivity index (χ4v) is 8.63. The molecule has 2 amide bonds. The average molecular weight is 901 g/mol. The maximum absolute atomic E-state index is 15.4. The van der Waals surface area contributed by atoms with Gasteiger partial charge < -0.3 is 19.8 Å². The van der Waals surface area contributed by atoms with Crippen molar-refractivity contribution in [2.75, 3.05) is 90.2 Å². The van der Waals surface area contributed by atoms with Gasteiger partial charge in [0.15, 0.2) is 5.82 Å². The number of benzene rings is 1. The maximum Gasteiger partial charge on any atom is 0.236 e. The average Bonchev–Trinajstić information content (AvgIpc) is 3.29. The molecule has 0 spiro atoms. The number of ketones is 1. The molecule has 2 saturated heterocycles. The van der Waals surface area contributed by atoms with Crippen LogP contribution >= 0.6 is 11.9 Å². The Labute approximate surface area is 380 Å². The van der Waals surface area contributed by atoms with Gasteiger partial charge in [0.05, 0.1) is 29.7 Å². The largest absolute Gasteiger partial charge is 0.359 e. The first-order valence-electron chi connectivity index (χ1n) is 21.9. The highest BCUT2D eigenvalue weighted by molar-refractivity contribution is 8.01. The van der Waals surface area contributed by atoms with Gasteiger partial charge in [0.2, 0.25) is 23.5 Å². The Hall–Kier alpha value is -5.43. The topological polar surface area (TPSA) is 145 Å². The van der Waals surface area contributed by atoms with Crippen molar-refractivity contribution in [1.29, 1.82) is 0 Å². The predicted octanol–water partition coefficient (Wildman–Crippen LogP) is 5.64. The molecule has 18 heteroatoms. The number of carbonyl (C=O) groups excluding carboxylic acids is 3. The Bertz CT molecular complexity index is 2210. The van der Waals surface area contributed by atoms with Gasteiger partial charge in [-0.05, 0) is 99.0 Å². The van der Waals surface area contributed by atoms with Gasteiger partial charge in [-0.3, -0.25) is 29.7 Å². The minimum Gasteiger partial charge on any atom is -0.359 e. The molecule has 3 N–H and O–H groups in total. The van der Waals surface area contributed by atoms with Crippen molar-refractivity contribution < 1.29 is 23.2 Å². The van der Waals surface area contributed by atoms with Crippen LogP contribution in [0.5, 0.6) is 0 Å². The zero-order valence-corrected chi connectivity index (χ0v) is 38.9. The number of hydrogen-bond donors (Lipinski definition) is 3. The van der Waals surface area contributed by atoms with E-state index in [-0.39, 0.29) is 33.9 Å². The molecule has 4 aliphatic rings. The van der Waals surface area contributed by atoms with Crippen molar-refractivity contribution in [2.45, 2.75) is 58.1 Å². The molecule has 64 heavy (non-hydrogen) atoms. The van der Waals surface area contributed by atoms with Crippen LogP contribution in [-0.4, -0.2) is 145 Å². The fourth-order valence-electron chi connectivity index (χ4n) is 8.11. The number of aromatic nitrogens is 2. The van der Waals surface area contributed by atoms with Crippen molar-refractivity contribution in [1.82, 2.24) is 45.6 Å². The van der Waals surface area contributed by atoms with Crippen LogP contribution in [-0.2, 0) is 9.59 Å². The minimum atomic E-state index is -0.988. The molecule has 6 rings (SSSR count). The number of hydrazine groups is 2. The van der Waals surface area contributed by atoms with Gasteiger partial charge >= 0.3 is 0 Å². The normalized spacial score (nSPS) is 19.9. The Kier molecular flexibility index (Phi) is 16.5. The summed E-state index contributed by atoms with van der Waals surface area (Å²) in [7, 11) is 7.74. The number of hydrogen-bond acceptors (Lipinski definition) is 14. The number of amides is 2. The second-order valence-corrected chi connectivity index (χ2v) is 18.2. The molecule has 1 aliphatic carbocycles. The zero-order valence-electron chi connectivity index (χ0n) is 38.1. The van der Waals surface area contributed by atoms with Crippen LogP contribution in [0.15, 0.2) is 82.5 Å². The van der Waals surface area contributed by atoms with Crippen molar-refractivity contribution >= 4 is 53.0 Å². The summed E-state index contributed by atoms with van der Waals surface area (Å²) in [5, 5.41) is 13.2. The number of hydrazone groups is 1. The number of nitrogens with one attached hydrogen (secondary N) is 3. The Morgan fingerprint density at radius 2 is 1.70 bits per heavy atom. The Balaban J connectivity index is 0.982. The SMILES string of the molecule is C=C1/C=C(c2cnc(N3CCN(C(=O)CN4CCC(C5=CC(N(C)N(C)N(C)CCC(=O)NC)=C(C)CC5)CC4)CC3)nc2)\C=N/N/C=C\1C(=O)c1c(F)ccc(NSC(C)C)c1F. The number of piperazine rings is 1. The minimum absolute atomic E-state index is 0.00554. The molecular formula is C46H62F2N12O3S. The number of piperidine rings is 1. The number of allylic oxidation sites excluding steroid dienone is 7. The molecule has 4 heterocycles. The highest BCUT2D eigenvalue weighted by Gasteiger charge is 2.30. The van der Waals surface area contributed by atoms with Crippen LogP contribution in [0.2, 0.25) is 0 Å². The van der Waals surface area contributed by atoms with Crippen LogP contribution < -0.4 is 20.4 Å². The van der Waals surface area contributed by atoms with Crippen molar-refractivity contribution in [3.05, 3.63) is 100 Å². The number of anilines is 2. The molecular weight excluding hydrogens is 839 g/mol. The number of carbonyl (C=O) groups is 3. The summed E-state index contributed by atoms with van der Waals surface area (Å²) in [6.45, 7) is 15.1. The standard InChI is InChI=1S/C46H62F2N12O3S/c1-30(2)64-54-39-12-11-38(47)43(44(39)48)45(63)37-28-53-52-27-35(23-32(37)4)36-25-50-46(51-26-36)60-21-19-59(20-22-60)42(62)29-58-17-13-33(14-18-58)34-10-9-31(3)40(24-34)56(7)57(8)55(6)16-15-41(61)49-5/h11-12,23-28,30,33,53-54H,4,9-10,13-22,29H2,1-3,5-8H3,(H,49,61)/b35-23+,37-28+,52-27-. The van der Waals surface area contributed by atoms with E-state index in [4.69, 9.17) is 0 Å². The number of rotatable bonds is 16. The maximum atomic E-state index is 15.4. The summed E-state index contributed by atoms with van der Waals surface area (Å²) in [6.07, 6.45) is 14.6. The van der Waals surface area contributed by atoms with Crippen molar-refractivity contribution in [3.8, 4) is 0 Å². The summed E-state index contributed by atoms with van der Waals surface area (Å²) in [6, 6.07) is 2.32. The highest BCUT2D eigenvalue weighted by Crippen LogP contribution is 2.35. The van der Waals surface area contributed by atoms with Crippen LogP contribution in [0.1, 0.15) is 68.8 Å². The van der Waals surface area contributed by atoms with E-state index in [1.807, 2.05) is 37.7 Å². The molecule has 0 atom stereocenters. The van der Waals surface area contributed by atoms with E-state index in [1.54, 1.807) is 25.5 Å². The third-order valence-corrected chi connectivity index (χ3v) is 13.1. The van der Waals surface area contributed by atoms with E-state index in [1.165, 1.54) is 47.3 Å². The smallest absolute Gasteiger partial charge is 0.236 e. The van der Waals surface area contributed by atoms with E-state index in [0.717, 1.165) is 44.8 Å². The quantitative estimate of drug-likeness (QED) is 0.109. The lowest BCUT2D eigenvalue weighted by atomic mass is 9.82. The van der Waals surface area contributed by atoms with Crippen LogP contribution in [0.25, 0.3) is 5.57 Å². The van der Waals surface area contributed by atoms with Crippen molar-refractivity contribution in [3.63, 3.8) is 0 Å².